The molecule has 0 radical (unpaired) electrons. The molecule has 0 atom stereocenters. The fraction of sp³-hybridized carbons (Fsp3) is 0.269. The molecule has 34 heavy (non-hydrogen) atoms. The van der Waals surface area contributed by atoms with Gasteiger partial charge in [-0.3, -0.25) is 4.79 Å². The summed E-state index contributed by atoms with van der Waals surface area (Å²) in [4.78, 5) is 15.4. The molecular formula is C26H27N3O4S. The standard InChI is InChI=1S/C26H27N3O4S/c1-19-6-7-21(18-25(19)34(31,32)28-14-16-33-17-15-28)26(30)27-22-8-10-23(11-9-22)29-13-12-20-4-2-3-5-24(20)29/h2-11,18H,12-17H2,1H3,(H,27,30). The molecule has 0 bridgehead atoms. The predicted octanol–water partition coefficient (Wildman–Crippen LogP) is 3.96. The van der Waals surface area contributed by atoms with E-state index in [0.29, 0.717) is 43.1 Å². The first-order valence-corrected chi connectivity index (χ1v) is 12.8. The van der Waals surface area contributed by atoms with Gasteiger partial charge in [-0.2, -0.15) is 4.31 Å². The molecule has 2 aliphatic rings. The summed E-state index contributed by atoms with van der Waals surface area (Å²) in [6, 6.07) is 20.9. The first kappa shape index (κ1) is 22.6. The van der Waals surface area contributed by atoms with Gasteiger partial charge in [-0.15, -0.1) is 0 Å². The van der Waals surface area contributed by atoms with Crippen LogP contribution in [0.4, 0.5) is 17.1 Å². The van der Waals surface area contributed by atoms with Crippen molar-refractivity contribution in [3.8, 4) is 0 Å². The molecule has 0 saturated carbocycles. The lowest BCUT2D eigenvalue weighted by Gasteiger charge is -2.26. The normalized spacial score (nSPS) is 16.3. The van der Waals surface area contributed by atoms with Crippen molar-refractivity contribution in [2.24, 2.45) is 0 Å². The second-order valence-corrected chi connectivity index (χ2v) is 10.4. The second-order valence-electron chi connectivity index (χ2n) is 8.53. The zero-order valence-corrected chi connectivity index (χ0v) is 19.8. The highest BCUT2D eigenvalue weighted by molar-refractivity contribution is 7.89. The summed E-state index contributed by atoms with van der Waals surface area (Å²) in [5.74, 6) is -0.349. The van der Waals surface area contributed by atoms with Crippen molar-refractivity contribution < 1.29 is 17.9 Å². The monoisotopic (exact) mass is 477 g/mol. The van der Waals surface area contributed by atoms with Gasteiger partial charge in [0.2, 0.25) is 10.0 Å². The molecular weight excluding hydrogens is 450 g/mol. The lowest BCUT2D eigenvalue weighted by Crippen LogP contribution is -2.40. The van der Waals surface area contributed by atoms with E-state index < -0.39 is 10.0 Å². The van der Waals surface area contributed by atoms with Crippen LogP contribution in [-0.4, -0.2) is 51.5 Å². The second kappa shape index (κ2) is 9.21. The van der Waals surface area contributed by atoms with Gasteiger partial charge in [0.15, 0.2) is 0 Å². The average molecular weight is 478 g/mol. The number of nitrogens with one attached hydrogen (secondary N) is 1. The number of sulfonamides is 1. The molecule has 0 aliphatic carbocycles. The van der Waals surface area contributed by atoms with Crippen molar-refractivity contribution in [2.45, 2.75) is 18.2 Å². The predicted molar refractivity (Wildman–Crippen MR) is 132 cm³/mol. The number of aryl methyl sites for hydroxylation is 1. The van der Waals surface area contributed by atoms with E-state index in [-0.39, 0.29) is 10.8 Å². The summed E-state index contributed by atoms with van der Waals surface area (Å²) in [6.45, 7) is 4.03. The SMILES string of the molecule is Cc1ccc(C(=O)Nc2ccc(N3CCc4ccccc43)cc2)cc1S(=O)(=O)N1CCOCC1. The first-order valence-electron chi connectivity index (χ1n) is 11.4. The van der Waals surface area contributed by atoms with E-state index in [1.165, 1.54) is 21.6 Å². The molecule has 8 heteroatoms. The molecule has 0 unspecified atom stereocenters. The van der Waals surface area contributed by atoms with E-state index in [1.54, 1.807) is 19.1 Å². The largest absolute Gasteiger partial charge is 0.379 e. The van der Waals surface area contributed by atoms with Crippen LogP contribution in [0.3, 0.4) is 0 Å². The third-order valence-corrected chi connectivity index (χ3v) is 8.40. The number of hydrogen-bond donors (Lipinski definition) is 1. The Morgan fingerprint density at radius 3 is 2.44 bits per heavy atom. The van der Waals surface area contributed by atoms with Gasteiger partial charge >= 0.3 is 0 Å². The van der Waals surface area contributed by atoms with Gasteiger partial charge < -0.3 is 15.0 Å². The highest BCUT2D eigenvalue weighted by Crippen LogP contribution is 2.34. The van der Waals surface area contributed by atoms with E-state index >= 15 is 0 Å². The number of morpholine rings is 1. The molecule has 176 valence electrons. The number of anilines is 3. The molecule has 3 aromatic carbocycles. The Morgan fingerprint density at radius 1 is 0.941 bits per heavy atom. The van der Waals surface area contributed by atoms with E-state index in [9.17, 15) is 13.2 Å². The highest BCUT2D eigenvalue weighted by atomic mass is 32.2. The Bertz CT molecular complexity index is 1320. The third-order valence-electron chi connectivity index (χ3n) is 6.36. The van der Waals surface area contributed by atoms with Crippen LogP contribution in [0.15, 0.2) is 71.6 Å². The molecule has 1 N–H and O–H groups in total. The molecule has 5 rings (SSSR count). The Labute approximate surface area is 200 Å². The van der Waals surface area contributed by atoms with Crippen molar-refractivity contribution in [2.75, 3.05) is 43.1 Å². The maximum Gasteiger partial charge on any atom is 0.255 e. The highest BCUT2D eigenvalue weighted by Gasteiger charge is 2.28. The van der Waals surface area contributed by atoms with Crippen LogP contribution in [0.5, 0.6) is 0 Å². The van der Waals surface area contributed by atoms with Crippen molar-refractivity contribution in [1.29, 1.82) is 0 Å². The number of carbonyl (C=O) groups is 1. The molecule has 0 spiro atoms. The molecule has 2 aliphatic heterocycles. The van der Waals surface area contributed by atoms with Crippen molar-refractivity contribution in [1.82, 2.24) is 4.31 Å². The first-order chi connectivity index (χ1) is 16.4. The topological polar surface area (TPSA) is 79.0 Å². The van der Waals surface area contributed by atoms with E-state index in [2.05, 4.69) is 28.4 Å². The average Bonchev–Trinajstić information content (AvgIpc) is 3.29. The maximum atomic E-state index is 13.1. The molecule has 0 aromatic heterocycles. The third kappa shape index (κ3) is 4.32. The lowest BCUT2D eigenvalue weighted by molar-refractivity contribution is 0.0730. The van der Waals surface area contributed by atoms with Gasteiger partial charge in [0, 0.05) is 42.3 Å². The van der Waals surface area contributed by atoms with Crippen molar-refractivity contribution >= 4 is 33.0 Å². The summed E-state index contributed by atoms with van der Waals surface area (Å²) in [5.41, 5.74) is 5.18. The number of benzene rings is 3. The fourth-order valence-electron chi connectivity index (χ4n) is 4.48. The number of carbonyl (C=O) groups excluding carboxylic acids is 1. The maximum absolute atomic E-state index is 13.1. The molecule has 7 nitrogen and oxygen atoms in total. The van der Waals surface area contributed by atoms with Crippen LogP contribution in [0.1, 0.15) is 21.5 Å². The number of ether oxygens (including phenoxy) is 1. The lowest BCUT2D eigenvalue weighted by atomic mass is 10.1. The number of para-hydroxylation sites is 1. The van der Waals surface area contributed by atoms with E-state index in [1.807, 2.05) is 30.3 Å². The van der Waals surface area contributed by atoms with Crippen molar-refractivity contribution in [3.05, 3.63) is 83.4 Å². The minimum absolute atomic E-state index is 0.157. The quantitative estimate of drug-likeness (QED) is 0.602. The van der Waals surface area contributed by atoms with E-state index in [4.69, 9.17) is 4.74 Å². The molecule has 2 heterocycles. The number of nitrogens with zero attached hydrogens (tertiary/aromatic N) is 2. The van der Waals surface area contributed by atoms with Crippen LogP contribution in [0.25, 0.3) is 0 Å². The number of fused-ring (bicyclic) bond motifs is 1. The summed E-state index contributed by atoms with van der Waals surface area (Å²) in [6.07, 6.45) is 1.01. The van der Waals surface area contributed by atoms with Gasteiger partial charge in [-0.1, -0.05) is 24.3 Å². The van der Waals surface area contributed by atoms with E-state index in [0.717, 1.165) is 18.7 Å². The van der Waals surface area contributed by atoms with Crippen LogP contribution in [0, 0.1) is 6.92 Å². The summed E-state index contributed by atoms with van der Waals surface area (Å²) >= 11 is 0. The van der Waals surface area contributed by atoms with Crippen LogP contribution < -0.4 is 10.2 Å². The molecule has 1 saturated heterocycles. The van der Waals surface area contributed by atoms with Gasteiger partial charge in [-0.05, 0) is 66.9 Å². The Morgan fingerprint density at radius 2 is 1.68 bits per heavy atom. The minimum atomic E-state index is -3.69. The number of hydrogen-bond acceptors (Lipinski definition) is 5. The number of rotatable bonds is 5. The van der Waals surface area contributed by atoms with Gasteiger partial charge in [0.25, 0.3) is 5.91 Å². The van der Waals surface area contributed by atoms with Gasteiger partial charge in [0.1, 0.15) is 0 Å². The van der Waals surface area contributed by atoms with Gasteiger partial charge in [0.05, 0.1) is 18.1 Å². The van der Waals surface area contributed by atoms with Crippen LogP contribution in [0.2, 0.25) is 0 Å². The molecule has 3 aromatic rings. The zero-order valence-electron chi connectivity index (χ0n) is 19.0. The fourth-order valence-corrected chi connectivity index (χ4v) is 6.14. The minimum Gasteiger partial charge on any atom is -0.379 e. The smallest absolute Gasteiger partial charge is 0.255 e. The van der Waals surface area contributed by atoms with Crippen LogP contribution >= 0.6 is 0 Å². The zero-order chi connectivity index (χ0) is 23.7. The Balaban J connectivity index is 1.32. The number of amides is 1. The van der Waals surface area contributed by atoms with Gasteiger partial charge in [-0.25, -0.2) is 8.42 Å². The Hall–Kier alpha value is -3.20. The van der Waals surface area contributed by atoms with Crippen molar-refractivity contribution in [3.63, 3.8) is 0 Å². The Kier molecular flexibility index (Phi) is 6.12. The summed E-state index contributed by atoms with van der Waals surface area (Å²) < 4.78 is 32.9. The summed E-state index contributed by atoms with van der Waals surface area (Å²) in [5, 5.41) is 2.89. The summed E-state index contributed by atoms with van der Waals surface area (Å²) in [7, 11) is -3.69. The molecule has 1 fully saturated rings. The molecule has 1 amide bonds. The van der Waals surface area contributed by atoms with Crippen LogP contribution in [-0.2, 0) is 21.2 Å².